The predicted molar refractivity (Wildman–Crippen MR) is 101 cm³/mol. The van der Waals surface area contributed by atoms with Crippen LogP contribution in [0.1, 0.15) is 19.3 Å². The van der Waals surface area contributed by atoms with Gasteiger partial charge in [-0.2, -0.15) is 0 Å². The lowest BCUT2D eigenvalue weighted by Crippen LogP contribution is -2.38. The Morgan fingerprint density at radius 1 is 1.11 bits per heavy atom. The Bertz CT molecular complexity index is 846. The maximum absolute atomic E-state index is 12.6. The summed E-state index contributed by atoms with van der Waals surface area (Å²) in [5, 5.41) is 3.18. The van der Waals surface area contributed by atoms with Gasteiger partial charge in [0.05, 0.1) is 22.5 Å². The number of carbonyl (C=O) groups is 4. The molecule has 0 aromatic heterocycles. The Morgan fingerprint density at radius 3 is 2.36 bits per heavy atom. The molecule has 1 aliphatic heterocycles. The van der Waals surface area contributed by atoms with Crippen molar-refractivity contribution in [3.63, 3.8) is 0 Å². The maximum atomic E-state index is 12.6. The highest BCUT2D eigenvalue weighted by Gasteiger charge is 2.61. The highest BCUT2D eigenvalue weighted by molar-refractivity contribution is 6.36. The zero-order valence-electron chi connectivity index (χ0n) is 14.8. The Hall–Kier alpha value is -2.12. The molecule has 1 aromatic rings. The number of likely N-dealkylation sites (tertiary alicyclic amines) is 1. The highest BCUT2D eigenvalue weighted by Crippen LogP contribution is 2.56. The van der Waals surface area contributed by atoms with Crippen LogP contribution in [-0.4, -0.2) is 41.7 Å². The van der Waals surface area contributed by atoms with Gasteiger partial charge in [0, 0.05) is 5.02 Å². The minimum atomic E-state index is -0.800. The van der Waals surface area contributed by atoms with E-state index in [9.17, 15) is 19.2 Å². The molecule has 4 rings (SSSR count). The summed E-state index contributed by atoms with van der Waals surface area (Å²) >= 11 is 11.8. The second-order valence-electron chi connectivity index (χ2n) is 7.48. The number of nitrogens with one attached hydrogen (secondary N) is 1. The van der Waals surface area contributed by atoms with E-state index in [1.807, 2.05) is 0 Å². The van der Waals surface area contributed by atoms with Gasteiger partial charge in [-0.25, -0.2) is 0 Å². The van der Waals surface area contributed by atoms with Crippen molar-refractivity contribution in [3.05, 3.63) is 28.2 Å². The third-order valence-electron chi connectivity index (χ3n) is 5.88. The third-order valence-corrected chi connectivity index (χ3v) is 6.42. The molecule has 4 atom stereocenters. The van der Waals surface area contributed by atoms with E-state index in [1.165, 1.54) is 12.1 Å². The second-order valence-corrected chi connectivity index (χ2v) is 8.32. The summed E-state index contributed by atoms with van der Waals surface area (Å²) in [5.41, 5.74) is 0.334. The van der Waals surface area contributed by atoms with E-state index in [1.54, 1.807) is 6.07 Å². The van der Waals surface area contributed by atoms with E-state index < -0.39 is 25.0 Å². The van der Waals surface area contributed by atoms with E-state index in [0.717, 1.165) is 24.2 Å². The lowest BCUT2D eigenvalue weighted by Gasteiger charge is -2.19. The molecule has 3 amide bonds. The molecule has 3 fully saturated rings. The van der Waals surface area contributed by atoms with Crippen molar-refractivity contribution in [2.45, 2.75) is 19.3 Å². The van der Waals surface area contributed by atoms with Gasteiger partial charge < -0.3 is 10.1 Å². The molecule has 1 heterocycles. The van der Waals surface area contributed by atoms with Gasteiger partial charge in [-0.15, -0.1) is 0 Å². The van der Waals surface area contributed by atoms with Crippen LogP contribution in [0.3, 0.4) is 0 Å². The second kappa shape index (κ2) is 7.37. The summed E-state index contributed by atoms with van der Waals surface area (Å²) < 4.78 is 4.92. The fourth-order valence-corrected chi connectivity index (χ4v) is 5.18. The molecule has 0 unspecified atom stereocenters. The first-order valence-corrected chi connectivity index (χ1v) is 9.86. The Morgan fingerprint density at radius 2 is 1.75 bits per heavy atom. The number of amides is 3. The monoisotopic (exact) mass is 424 g/mol. The van der Waals surface area contributed by atoms with Crippen molar-refractivity contribution in [1.29, 1.82) is 0 Å². The van der Waals surface area contributed by atoms with Crippen molar-refractivity contribution >= 4 is 52.6 Å². The quantitative estimate of drug-likeness (QED) is 0.578. The average molecular weight is 425 g/mol. The Balaban J connectivity index is 1.29. The number of rotatable bonds is 5. The molecular formula is C19H18Cl2N2O5. The Kier molecular flexibility index (Phi) is 5.05. The molecule has 0 radical (unpaired) electrons. The molecule has 148 valence electrons. The van der Waals surface area contributed by atoms with Crippen LogP contribution in [0.4, 0.5) is 5.69 Å². The first-order valence-electron chi connectivity index (χ1n) is 9.11. The van der Waals surface area contributed by atoms with Crippen LogP contribution >= 0.6 is 23.2 Å². The fraction of sp³-hybridized carbons (Fsp3) is 0.474. The molecule has 1 N–H and O–H groups in total. The average Bonchev–Trinajstić information content (AvgIpc) is 3.32. The van der Waals surface area contributed by atoms with Crippen LogP contribution in [0.25, 0.3) is 0 Å². The lowest BCUT2D eigenvalue weighted by atomic mass is 9.81. The first kappa shape index (κ1) is 19.2. The van der Waals surface area contributed by atoms with Crippen molar-refractivity contribution in [2.75, 3.05) is 18.5 Å². The number of hydrogen-bond donors (Lipinski definition) is 1. The number of imide groups is 1. The highest BCUT2D eigenvalue weighted by atomic mass is 35.5. The summed E-state index contributed by atoms with van der Waals surface area (Å²) in [6.45, 7) is -1.01. The number of hydrogen-bond acceptors (Lipinski definition) is 5. The molecule has 7 nitrogen and oxygen atoms in total. The summed E-state index contributed by atoms with van der Waals surface area (Å²) in [4.78, 5) is 50.1. The number of fused-ring (bicyclic) bond motifs is 5. The van der Waals surface area contributed by atoms with E-state index in [4.69, 9.17) is 27.9 Å². The van der Waals surface area contributed by atoms with Gasteiger partial charge in [0.25, 0.3) is 5.91 Å². The van der Waals surface area contributed by atoms with Crippen LogP contribution in [0, 0.1) is 23.7 Å². The summed E-state index contributed by atoms with van der Waals surface area (Å²) in [6, 6.07) is 4.56. The normalized spacial score (nSPS) is 27.9. The van der Waals surface area contributed by atoms with Crippen molar-refractivity contribution in [2.24, 2.45) is 23.7 Å². The summed E-state index contributed by atoms with van der Waals surface area (Å²) in [6.07, 6.45) is 2.87. The molecule has 1 saturated heterocycles. The van der Waals surface area contributed by atoms with E-state index in [0.29, 0.717) is 10.7 Å². The Labute approximate surface area is 171 Å². The molecule has 9 heteroatoms. The minimum Gasteiger partial charge on any atom is -0.454 e. The van der Waals surface area contributed by atoms with Crippen LogP contribution in [0.15, 0.2) is 18.2 Å². The van der Waals surface area contributed by atoms with E-state index in [2.05, 4.69) is 5.32 Å². The van der Waals surface area contributed by atoms with Gasteiger partial charge in [0.15, 0.2) is 6.61 Å². The molecule has 2 aliphatic carbocycles. The van der Waals surface area contributed by atoms with Crippen LogP contribution < -0.4 is 5.32 Å². The summed E-state index contributed by atoms with van der Waals surface area (Å²) in [5.74, 6) is -2.01. The topological polar surface area (TPSA) is 92.8 Å². The van der Waals surface area contributed by atoms with Gasteiger partial charge in [0.1, 0.15) is 6.54 Å². The zero-order chi connectivity index (χ0) is 20.0. The summed E-state index contributed by atoms with van der Waals surface area (Å²) in [7, 11) is 0. The molecule has 0 spiro atoms. The molecule has 28 heavy (non-hydrogen) atoms. The number of nitrogens with zero attached hydrogens (tertiary/aromatic N) is 1. The maximum Gasteiger partial charge on any atom is 0.326 e. The molecule has 2 saturated carbocycles. The lowest BCUT2D eigenvalue weighted by molar-refractivity contribution is -0.154. The first-order chi connectivity index (χ1) is 13.3. The van der Waals surface area contributed by atoms with Gasteiger partial charge >= 0.3 is 5.97 Å². The van der Waals surface area contributed by atoms with Crippen molar-refractivity contribution in [3.8, 4) is 0 Å². The predicted octanol–water partition coefficient (Wildman–Crippen LogP) is 2.51. The molecule has 1 aromatic carbocycles. The van der Waals surface area contributed by atoms with Gasteiger partial charge in [0.2, 0.25) is 11.8 Å². The standard InChI is InChI=1S/C19H18Cl2N2O5/c20-11-3-4-13(12(21)6-11)22-14(24)8-28-15(25)7-23-18(26)16-9-1-2-10(5-9)17(16)19(23)27/h3-4,6,9-10,16-17H,1-2,5,7-8H2,(H,22,24)/t9-,10-,16-,17+/m0/s1. The van der Waals surface area contributed by atoms with Crippen LogP contribution in [0.2, 0.25) is 10.0 Å². The van der Waals surface area contributed by atoms with E-state index >= 15 is 0 Å². The van der Waals surface area contributed by atoms with Crippen LogP contribution in [-0.2, 0) is 23.9 Å². The van der Waals surface area contributed by atoms with E-state index in [-0.39, 0.29) is 40.5 Å². The third kappa shape index (κ3) is 3.37. The largest absolute Gasteiger partial charge is 0.454 e. The van der Waals surface area contributed by atoms with Crippen molar-refractivity contribution in [1.82, 2.24) is 4.90 Å². The van der Waals surface area contributed by atoms with Gasteiger partial charge in [-0.3, -0.25) is 24.1 Å². The van der Waals surface area contributed by atoms with Crippen molar-refractivity contribution < 1.29 is 23.9 Å². The number of halogens is 2. The minimum absolute atomic E-state index is 0.251. The van der Waals surface area contributed by atoms with Gasteiger partial charge in [-0.05, 0) is 49.3 Å². The smallest absolute Gasteiger partial charge is 0.326 e. The zero-order valence-corrected chi connectivity index (χ0v) is 16.3. The molecule has 3 aliphatic rings. The van der Waals surface area contributed by atoms with Gasteiger partial charge in [-0.1, -0.05) is 23.2 Å². The SMILES string of the molecule is O=C(COC(=O)CN1C(=O)[C@@H]2[C@H]3CC[C@@H](C3)[C@@H]2C1=O)Nc1ccc(Cl)cc1Cl. The number of esters is 1. The number of ether oxygens (including phenoxy) is 1. The number of carbonyl (C=O) groups excluding carboxylic acids is 4. The molecular weight excluding hydrogens is 407 g/mol. The number of anilines is 1. The number of benzene rings is 1. The molecule has 2 bridgehead atoms. The fourth-order valence-electron chi connectivity index (χ4n) is 4.72. The van der Waals surface area contributed by atoms with Crippen LogP contribution in [0.5, 0.6) is 0 Å².